The highest BCUT2D eigenvalue weighted by molar-refractivity contribution is 5.93. The van der Waals surface area contributed by atoms with Gasteiger partial charge in [0.25, 0.3) is 0 Å². The van der Waals surface area contributed by atoms with E-state index in [1.807, 2.05) is 55.5 Å². The standard InChI is InChI=1S/C23H24N6O2/c1-2-31-16-12-10-15(11-13-16)20-27-21-17-7-3-4-8-18(17)25-23(29(21)28-20)26-19-9-5-6-14-24-22(19)30/h3-4,7-8,10-13,19H,2,5-6,9,14H2,1H3,(H,24,30)(H,25,26)/t19-/m1/s1. The molecule has 1 saturated heterocycles. The maximum absolute atomic E-state index is 12.5. The second-order valence-electron chi connectivity index (χ2n) is 7.56. The molecule has 158 valence electrons. The molecule has 8 heteroatoms. The van der Waals surface area contributed by atoms with E-state index < -0.39 is 0 Å². The van der Waals surface area contributed by atoms with Gasteiger partial charge in [0.05, 0.1) is 12.1 Å². The highest BCUT2D eigenvalue weighted by Gasteiger charge is 2.23. The first-order valence-electron chi connectivity index (χ1n) is 10.7. The van der Waals surface area contributed by atoms with Gasteiger partial charge in [-0.1, -0.05) is 12.1 Å². The number of ether oxygens (including phenoxy) is 1. The molecule has 4 aromatic rings. The van der Waals surface area contributed by atoms with Gasteiger partial charge in [0.1, 0.15) is 11.8 Å². The zero-order chi connectivity index (χ0) is 21.2. The summed E-state index contributed by atoms with van der Waals surface area (Å²) in [5.74, 6) is 1.91. The Morgan fingerprint density at radius 1 is 1.13 bits per heavy atom. The molecule has 1 aliphatic rings. The number of rotatable bonds is 5. The van der Waals surface area contributed by atoms with E-state index in [-0.39, 0.29) is 11.9 Å². The molecule has 2 aromatic heterocycles. The third-order valence-electron chi connectivity index (χ3n) is 5.44. The molecule has 2 N–H and O–H groups in total. The van der Waals surface area contributed by atoms with Crippen LogP contribution in [-0.2, 0) is 4.79 Å². The number of carbonyl (C=O) groups excluding carboxylic acids is 1. The summed E-state index contributed by atoms with van der Waals surface area (Å²) < 4.78 is 7.23. The van der Waals surface area contributed by atoms with Crippen LogP contribution in [0.5, 0.6) is 5.75 Å². The third-order valence-corrected chi connectivity index (χ3v) is 5.44. The van der Waals surface area contributed by atoms with Crippen LogP contribution in [0.2, 0.25) is 0 Å². The molecule has 0 bridgehead atoms. The lowest BCUT2D eigenvalue weighted by Crippen LogP contribution is -2.38. The molecule has 0 saturated carbocycles. The van der Waals surface area contributed by atoms with E-state index in [1.54, 1.807) is 4.52 Å². The average Bonchev–Trinajstić information content (AvgIpc) is 3.15. The Morgan fingerprint density at radius 3 is 2.81 bits per heavy atom. The Hall–Kier alpha value is -3.68. The lowest BCUT2D eigenvalue weighted by atomic mass is 10.1. The summed E-state index contributed by atoms with van der Waals surface area (Å²) >= 11 is 0. The van der Waals surface area contributed by atoms with Gasteiger partial charge >= 0.3 is 0 Å². The highest BCUT2D eigenvalue weighted by Crippen LogP contribution is 2.26. The van der Waals surface area contributed by atoms with Crippen molar-refractivity contribution in [3.63, 3.8) is 0 Å². The molecule has 1 atom stereocenters. The van der Waals surface area contributed by atoms with Crippen LogP contribution in [0, 0.1) is 0 Å². The minimum absolute atomic E-state index is 0.00698. The number of nitrogens with zero attached hydrogens (tertiary/aromatic N) is 4. The van der Waals surface area contributed by atoms with Crippen LogP contribution in [0.25, 0.3) is 27.9 Å². The van der Waals surface area contributed by atoms with Gasteiger partial charge < -0.3 is 15.4 Å². The minimum atomic E-state index is -0.350. The topological polar surface area (TPSA) is 93.4 Å². The minimum Gasteiger partial charge on any atom is -0.494 e. The maximum Gasteiger partial charge on any atom is 0.242 e. The Morgan fingerprint density at radius 2 is 1.97 bits per heavy atom. The van der Waals surface area contributed by atoms with Crippen LogP contribution in [-0.4, -0.2) is 44.7 Å². The van der Waals surface area contributed by atoms with Gasteiger partial charge in [-0.15, -0.1) is 5.10 Å². The van der Waals surface area contributed by atoms with Crippen molar-refractivity contribution in [3.8, 4) is 17.1 Å². The summed E-state index contributed by atoms with van der Waals surface area (Å²) in [5.41, 5.74) is 2.39. The zero-order valence-electron chi connectivity index (χ0n) is 17.3. The molecule has 31 heavy (non-hydrogen) atoms. The Balaban J connectivity index is 1.60. The van der Waals surface area contributed by atoms with Crippen molar-refractivity contribution >= 4 is 28.4 Å². The Bertz CT molecular complexity index is 1230. The average molecular weight is 416 g/mol. The summed E-state index contributed by atoms with van der Waals surface area (Å²) in [4.78, 5) is 22.0. The molecule has 0 aliphatic carbocycles. The van der Waals surface area contributed by atoms with Gasteiger partial charge in [-0.05, 0) is 62.6 Å². The van der Waals surface area contributed by atoms with Crippen LogP contribution in [0.1, 0.15) is 26.2 Å². The van der Waals surface area contributed by atoms with Crippen molar-refractivity contribution in [2.24, 2.45) is 0 Å². The molecule has 1 aliphatic heterocycles. The second-order valence-corrected chi connectivity index (χ2v) is 7.56. The first-order chi connectivity index (χ1) is 15.2. The zero-order valence-corrected chi connectivity index (χ0v) is 17.3. The predicted molar refractivity (Wildman–Crippen MR) is 119 cm³/mol. The number of para-hydroxylation sites is 1. The van der Waals surface area contributed by atoms with Crippen molar-refractivity contribution in [1.29, 1.82) is 0 Å². The van der Waals surface area contributed by atoms with Gasteiger partial charge in [0.15, 0.2) is 11.5 Å². The molecule has 3 heterocycles. The number of hydrogen-bond donors (Lipinski definition) is 2. The molecule has 1 amide bonds. The Labute approximate surface area is 179 Å². The van der Waals surface area contributed by atoms with E-state index in [2.05, 4.69) is 10.6 Å². The summed E-state index contributed by atoms with van der Waals surface area (Å²) in [6, 6.07) is 15.2. The largest absolute Gasteiger partial charge is 0.494 e. The van der Waals surface area contributed by atoms with Crippen LogP contribution < -0.4 is 15.4 Å². The van der Waals surface area contributed by atoms with Gasteiger partial charge in [-0.2, -0.15) is 4.52 Å². The predicted octanol–water partition coefficient (Wildman–Crippen LogP) is 3.42. The monoisotopic (exact) mass is 416 g/mol. The number of fused-ring (bicyclic) bond motifs is 3. The summed E-state index contributed by atoms with van der Waals surface area (Å²) in [6.45, 7) is 3.29. The van der Waals surface area contributed by atoms with Crippen LogP contribution in [0.3, 0.4) is 0 Å². The molecule has 0 radical (unpaired) electrons. The highest BCUT2D eigenvalue weighted by atomic mass is 16.5. The number of benzene rings is 2. The molecule has 8 nitrogen and oxygen atoms in total. The lowest BCUT2D eigenvalue weighted by molar-refractivity contribution is -0.121. The normalized spacial score (nSPS) is 16.8. The van der Waals surface area contributed by atoms with E-state index >= 15 is 0 Å². The second kappa shape index (κ2) is 8.22. The smallest absolute Gasteiger partial charge is 0.242 e. The summed E-state index contributed by atoms with van der Waals surface area (Å²) in [6.07, 6.45) is 2.71. The number of amides is 1. The van der Waals surface area contributed by atoms with Crippen molar-refractivity contribution in [1.82, 2.24) is 24.9 Å². The number of nitrogens with one attached hydrogen (secondary N) is 2. The number of hydrogen-bond acceptors (Lipinski definition) is 6. The quantitative estimate of drug-likeness (QED) is 0.518. The fourth-order valence-corrected chi connectivity index (χ4v) is 3.87. The Kier molecular flexibility index (Phi) is 5.11. The molecule has 2 aromatic carbocycles. The molecule has 0 unspecified atom stereocenters. The van der Waals surface area contributed by atoms with Crippen molar-refractivity contribution in [3.05, 3.63) is 48.5 Å². The molecule has 5 rings (SSSR count). The van der Waals surface area contributed by atoms with Crippen LogP contribution >= 0.6 is 0 Å². The van der Waals surface area contributed by atoms with Gasteiger partial charge in [-0.3, -0.25) is 4.79 Å². The molecular formula is C23H24N6O2. The maximum atomic E-state index is 12.5. The molecule has 1 fully saturated rings. The molecular weight excluding hydrogens is 392 g/mol. The fraction of sp³-hybridized carbons (Fsp3) is 0.304. The van der Waals surface area contributed by atoms with Crippen molar-refractivity contribution in [2.75, 3.05) is 18.5 Å². The van der Waals surface area contributed by atoms with Crippen molar-refractivity contribution < 1.29 is 9.53 Å². The van der Waals surface area contributed by atoms with E-state index in [1.165, 1.54) is 0 Å². The van der Waals surface area contributed by atoms with Gasteiger partial charge in [0.2, 0.25) is 11.9 Å². The summed E-state index contributed by atoms with van der Waals surface area (Å²) in [5, 5.41) is 11.9. The van der Waals surface area contributed by atoms with Gasteiger partial charge in [-0.25, -0.2) is 9.97 Å². The lowest BCUT2D eigenvalue weighted by Gasteiger charge is -2.16. The van der Waals surface area contributed by atoms with E-state index in [0.717, 1.165) is 41.5 Å². The van der Waals surface area contributed by atoms with E-state index in [0.29, 0.717) is 30.6 Å². The first kappa shape index (κ1) is 19.3. The number of carbonyl (C=O) groups is 1. The number of aromatic nitrogens is 4. The molecule has 0 spiro atoms. The van der Waals surface area contributed by atoms with E-state index in [9.17, 15) is 4.79 Å². The first-order valence-corrected chi connectivity index (χ1v) is 10.7. The van der Waals surface area contributed by atoms with Gasteiger partial charge in [0, 0.05) is 17.5 Å². The fourth-order valence-electron chi connectivity index (χ4n) is 3.87. The number of anilines is 1. The SMILES string of the molecule is CCOc1ccc(-c2nc3c4ccccc4nc(N[C@@H]4CCCCNC4=O)n3n2)cc1. The van der Waals surface area contributed by atoms with Crippen LogP contribution in [0.4, 0.5) is 5.95 Å². The van der Waals surface area contributed by atoms with Crippen molar-refractivity contribution in [2.45, 2.75) is 32.2 Å². The third kappa shape index (κ3) is 3.76. The van der Waals surface area contributed by atoms with E-state index in [4.69, 9.17) is 19.8 Å². The summed E-state index contributed by atoms with van der Waals surface area (Å²) in [7, 11) is 0. The van der Waals surface area contributed by atoms with Crippen LogP contribution in [0.15, 0.2) is 48.5 Å².